The summed E-state index contributed by atoms with van der Waals surface area (Å²) in [5.41, 5.74) is 2.19. The van der Waals surface area contributed by atoms with Crippen molar-refractivity contribution in [2.24, 2.45) is 0 Å². The van der Waals surface area contributed by atoms with E-state index in [1.807, 2.05) is 17.7 Å². The molecule has 4 rings (SSSR count). The first-order chi connectivity index (χ1) is 11.5. The number of nitrogens with zero attached hydrogens (tertiary/aromatic N) is 4. The highest BCUT2D eigenvalue weighted by Crippen LogP contribution is 2.28. The Labute approximate surface area is 145 Å². The van der Waals surface area contributed by atoms with Gasteiger partial charge < -0.3 is 0 Å². The largest absolute Gasteiger partial charge is 0.290 e. The van der Waals surface area contributed by atoms with Crippen LogP contribution in [0.5, 0.6) is 0 Å². The Hall–Kier alpha value is -1.29. The van der Waals surface area contributed by atoms with Gasteiger partial charge >= 0.3 is 0 Å². The first-order valence-electron chi connectivity index (χ1n) is 8.15. The second-order valence-electron chi connectivity index (χ2n) is 6.54. The summed E-state index contributed by atoms with van der Waals surface area (Å²) in [5, 5.41) is 7.36. The zero-order valence-corrected chi connectivity index (χ0v) is 15.2. The van der Waals surface area contributed by atoms with Gasteiger partial charge in [0.05, 0.1) is 27.7 Å². The lowest BCUT2D eigenvalue weighted by Crippen LogP contribution is -2.43. The third kappa shape index (κ3) is 3.39. The Kier molecular flexibility index (Phi) is 4.19. The predicted octanol–water partition coefficient (Wildman–Crippen LogP) is 1.29. The van der Waals surface area contributed by atoms with Crippen molar-refractivity contribution in [1.29, 1.82) is 0 Å². The summed E-state index contributed by atoms with van der Waals surface area (Å²) in [4.78, 5) is 6.84. The fourth-order valence-electron chi connectivity index (χ4n) is 3.15. The second kappa shape index (κ2) is 6.21. The van der Waals surface area contributed by atoms with E-state index in [2.05, 4.69) is 25.1 Å². The molecule has 1 aliphatic heterocycles. The van der Waals surface area contributed by atoms with Crippen LogP contribution in [-0.4, -0.2) is 46.4 Å². The van der Waals surface area contributed by atoms with Gasteiger partial charge in [0, 0.05) is 37.8 Å². The Morgan fingerprint density at radius 2 is 2.25 bits per heavy atom. The van der Waals surface area contributed by atoms with E-state index in [4.69, 9.17) is 0 Å². The third-order valence-corrected chi connectivity index (χ3v) is 7.23. The van der Waals surface area contributed by atoms with Gasteiger partial charge in [-0.1, -0.05) is 0 Å². The number of fused-ring (bicyclic) bond motifs is 1. The van der Waals surface area contributed by atoms with Gasteiger partial charge in [0.25, 0.3) is 0 Å². The molecule has 0 saturated heterocycles. The maximum atomic E-state index is 12.1. The molecule has 24 heavy (non-hydrogen) atoms. The smallest absolute Gasteiger partial charge is 0.214 e. The quantitative estimate of drug-likeness (QED) is 0.832. The predicted molar refractivity (Wildman–Crippen MR) is 92.2 cm³/mol. The maximum absolute atomic E-state index is 12.1. The average Bonchev–Trinajstić information content (AvgIpc) is 3.18. The van der Waals surface area contributed by atoms with Crippen molar-refractivity contribution in [3.63, 3.8) is 0 Å². The SMILES string of the molecule is Cc1nc(CN2Cc3ccnn3[C@H](CNS(=O)(=O)C3CC3)C2)cs1. The molecule has 1 fully saturated rings. The van der Waals surface area contributed by atoms with E-state index in [-0.39, 0.29) is 11.3 Å². The molecule has 2 aromatic rings. The molecule has 0 aromatic carbocycles. The summed E-state index contributed by atoms with van der Waals surface area (Å²) in [6.45, 7) is 4.75. The fourth-order valence-corrected chi connectivity index (χ4v) is 5.18. The Morgan fingerprint density at radius 3 is 2.96 bits per heavy atom. The van der Waals surface area contributed by atoms with Crippen LogP contribution < -0.4 is 4.72 Å². The van der Waals surface area contributed by atoms with Crippen LogP contribution in [0.3, 0.4) is 0 Å². The molecule has 7 nitrogen and oxygen atoms in total. The lowest BCUT2D eigenvalue weighted by Gasteiger charge is -2.33. The third-order valence-electron chi connectivity index (χ3n) is 4.49. The molecule has 1 N–H and O–H groups in total. The first kappa shape index (κ1) is 16.2. The number of thiazole rings is 1. The number of hydrogen-bond donors (Lipinski definition) is 1. The van der Waals surface area contributed by atoms with E-state index in [9.17, 15) is 8.42 Å². The number of aryl methyl sites for hydroxylation is 1. The average molecular weight is 368 g/mol. The zero-order chi connectivity index (χ0) is 16.7. The maximum Gasteiger partial charge on any atom is 0.214 e. The van der Waals surface area contributed by atoms with E-state index in [1.165, 1.54) is 0 Å². The standard InChI is InChI=1S/C15H21N5O2S2/c1-11-18-12(10-23-11)7-19-8-13-4-5-16-20(13)14(9-19)6-17-24(21,22)15-2-3-15/h4-5,10,14-15,17H,2-3,6-9H2,1H3/t14-/m1/s1. The van der Waals surface area contributed by atoms with Gasteiger partial charge in [0.15, 0.2) is 0 Å². The monoisotopic (exact) mass is 367 g/mol. The minimum atomic E-state index is -3.17. The topological polar surface area (TPSA) is 80.1 Å². The highest BCUT2D eigenvalue weighted by Gasteiger charge is 2.36. The Bertz CT molecular complexity index is 825. The molecule has 130 valence electrons. The minimum Gasteiger partial charge on any atom is -0.290 e. The summed E-state index contributed by atoms with van der Waals surface area (Å²) in [7, 11) is -3.17. The summed E-state index contributed by atoms with van der Waals surface area (Å²) in [5.74, 6) is 0. The Morgan fingerprint density at radius 1 is 1.42 bits per heavy atom. The van der Waals surface area contributed by atoms with Crippen molar-refractivity contribution < 1.29 is 8.42 Å². The van der Waals surface area contributed by atoms with Crippen molar-refractivity contribution in [3.05, 3.63) is 34.0 Å². The molecule has 3 heterocycles. The van der Waals surface area contributed by atoms with Crippen LogP contribution >= 0.6 is 11.3 Å². The van der Waals surface area contributed by atoms with Gasteiger partial charge in [0.1, 0.15) is 0 Å². The normalized spacial score (nSPS) is 21.8. The van der Waals surface area contributed by atoms with Gasteiger partial charge in [-0.05, 0) is 25.8 Å². The van der Waals surface area contributed by atoms with Crippen LogP contribution in [0.1, 0.15) is 35.3 Å². The molecule has 0 unspecified atom stereocenters. The number of nitrogens with one attached hydrogen (secondary N) is 1. The molecule has 0 spiro atoms. The van der Waals surface area contributed by atoms with Crippen molar-refractivity contribution in [3.8, 4) is 0 Å². The first-order valence-corrected chi connectivity index (χ1v) is 10.6. The van der Waals surface area contributed by atoms with Crippen LogP contribution in [0.15, 0.2) is 17.6 Å². The van der Waals surface area contributed by atoms with E-state index >= 15 is 0 Å². The molecule has 1 atom stereocenters. The van der Waals surface area contributed by atoms with Crippen molar-refractivity contribution >= 4 is 21.4 Å². The molecule has 1 saturated carbocycles. The highest BCUT2D eigenvalue weighted by molar-refractivity contribution is 7.90. The van der Waals surface area contributed by atoms with Crippen LogP contribution in [-0.2, 0) is 23.1 Å². The Balaban J connectivity index is 1.46. The molecule has 9 heteroatoms. The lowest BCUT2D eigenvalue weighted by atomic mass is 10.2. The molecule has 0 bridgehead atoms. The second-order valence-corrected chi connectivity index (χ2v) is 9.65. The number of hydrogen-bond acceptors (Lipinski definition) is 6. The van der Waals surface area contributed by atoms with Crippen LogP contribution in [0.2, 0.25) is 0 Å². The summed E-state index contributed by atoms with van der Waals surface area (Å²) < 4.78 is 28.9. The van der Waals surface area contributed by atoms with Crippen molar-refractivity contribution in [1.82, 2.24) is 24.4 Å². The molecular weight excluding hydrogens is 346 g/mol. The van der Waals surface area contributed by atoms with Gasteiger partial charge in [0.2, 0.25) is 10.0 Å². The molecule has 2 aromatic heterocycles. The number of aromatic nitrogens is 3. The van der Waals surface area contributed by atoms with E-state index < -0.39 is 10.0 Å². The van der Waals surface area contributed by atoms with Crippen LogP contribution in [0.25, 0.3) is 0 Å². The highest BCUT2D eigenvalue weighted by atomic mass is 32.2. The van der Waals surface area contributed by atoms with E-state index in [0.717, 1.165) is 48.9 Å². The summed E-state index contributed by atoms with van der Waals surface area (Å²) in [6.07, 6.45) is 3.35. The summed E-state index contributed by atoms with van der Waals surface area (Å²) >= 11 is 1.66. The van der Waals surface area contributed by atoms with Crippen LogP contribution in [0.4, 0.5) is 0 Å². The number of rotatable bonds is 6. The lowest BCUT2D eigenvalue weighted by molar-refractivity contribution is 0.166. The van der Waals surface area contributed by atoms with Gasteiger partial charge in [-0.3, -0.25) is 9.58 Å². The molecule has 2 aliphatic rings. The number of sulfonamides is 1. The van der Waals surface area contributed by atoms with Gasteiger partial charge in [-0.25, -0.2) is 18.1 Å². The van der Waals surface area contributed by atoms with Crippen molar-refractivity contribution in [2.75, 3.05) is 13.1 Å². The zero-order valence-electron chi connectivity index (χ0n) is 13.6. The molecule has 0 radical (unpaired) electrons. The minimum absolute atomic E-state index is 0.0111. The molecular formula is C15H21N5O2S2. The van der Waals surface area contributed by atoms with Crippen LogP contribution in [0, 0.1) is 6.92 Å². The summed E-state index contributed by atoms with van der Waals surface area (Å²) in [6, 6.07) is 2.01. The van der Waals surface area contributed by atoms with E-state index in [1.54, 1.807) is 17.5 Å². The van der Waals surface area contributed by atoms with Crippen molar-refractivity contribution in [2.45, 2.75) is 44.1 Å². The van der Waals surface area contributed by atoms with Gasteiger partial charge in [-0.15, -0.1) is 11.3 Å². The molecule has 1 aliphatic carbocycles. The van der Waals surface area contributed by atoms with E-state index in [0.29, 0.717) is 6.54 Å². The fraction of sp³-hybridized carbons (Fsp3) is 0.600. The molecule has 0 amide bonds. The van der Waals surface area contributed by atoms with Gasteiger partial charge in [-0.2, -0.15) is 5.10 Å².